The summed E-state index contributed by atoms with van der Waals surface area (Å²) < 4.78 is 0. The van der Waals surface area contributed by atoms with Crippen LogP contribution in [0.1, 0.15) is 0 Å². The molecule has 0 nitrogen and oxygen atoms in total. The summed E-state index contributed by atoms with van der Waals surface area (Å²) in [7, 11) is 0. The van der Waals surface area contributed by atoms with E-state index in [1.807, 2.05) is 0 Å². The zero-order valence-electron chi connectivity index (χ0n) is 1.09. The summed E-state index contributed by atoms with van der Waals surface area (Å²) in [5.74, 6) is 0. The van der Waals surface area contributed by atoms with E-state index >= 15 is 0 Å². The van der Waals surface area contributed by atoms with E-state index in [1.165, 1.54) is 0 Å². The summed E-state index contributed by atoms with van der Waals surface area (Å²) in [6.07, 6.45) is 0. The van der Waals surface area contributed by atoms with Crippen LogP contribution in [0.4, 0.5) is 0 Å². The second kappa shape index (κ2) is 30.2. The van der Waals surface area contributed by atoms with Crippen molar-refractivity contribution in [3.05, 3.63) is 0 Å². The van der Waals surface area contributed by atoms with Gasteiger partial charge in [0.2, 0.25) is 0 Å². The van der Waals surface area contributed by atoms with Gasteiger partial charge in [0.1, 0.15) is 0 Å². The molecule has 0 rings (SSSR count). The smallest absolute Gasteiger partial charge is 0.0149 e. The topological polar surface area (TPSA) is 0 Å². The quantitative estimate of drug-likeness (QED) is 0.362. The second-order valence-corrected chi connectivity index (χ2v) is 0. The first kappa shape index (κ1) is 48.0. The van der Waals surface area contributed by atoms with Gasteiger partial charge in [-0.2, -0.15) is 0 Å². The van der Waals surface area contributed by atoms with Crippen molar-refractivity contribution in [1.29, 1.82) is 0 Å². The van der Waals surface area contributed by atoms with Crippen LogP contribution in [0.3, 0.4) is 0 Å². The molecule has 5 heteroatoms. The first-order chi connectivity index (χ1) is 0. The Hall–Kier alpha value is 2.66. The maximum Gasteiger partial charge on any atom is 0.316 e. The summed E-state index contributed by atoms with van der Waals surface area (Å²) in [4.78, 5) is 0. The Morgan fingerprint density at radius 1 is 1.00 bits per heavy atom. The summed E-state index contributed by atoms with van der Waals surface area (Å²) in [5, 5.41) is 0. The molecule has 0 aromatic heterocycles. The molecule has 27 valence electrons. The maximum absolute atomic E-state index is 0. The van der Waals surface area contributed by atoms with E-state index in [-0.39, 0.29) is 87.9 Å². The molecule has 0 heterocycles. The summed E-state index contributed by atoms with van der Waals surface area (Å²) in [6.45, 7) is 0. The van der Waals surface area contributed by atoms with Crippen LogP contribution in [0.25, 0.3) is 0 Å². The number of hydrogen-bond donors (Lipinski definition) is 0. The van der Waals surface area contributed by atoms with Gasteiger partial charge < -0.3 is 0 Å². The van der Waals surface area contributed by atoms with Gasteiger partial charge >= 0.3 is 23.1 Å². The van der Waals surface area contributed by atoms with Crippen LogP contribution in [0.15, 0.2) is 0 Å². The molecule has 0 aliphatic carbocycles. The molecule has 0 atom stereocenters. The van der Waals surface area contributed by atoms with Crippen LogP contribution in [0.2, 0.25) is 0 Å². The van der Waals surface area contributed by atoms with E-state index < -0.39 is 0 Å². The van der Waals surface area contributed by atoms with Crippen molar-refractivity contribution in [2.24, 2.45) is 0 Å². The van der Waals surface area contributed by atoms with Crippen molar-refractivity contribution in [1.82, 2.24) is 0 Å². The Bertz CT molecular complexity index is 11.6. The van der Waals surface area contributed by atoms with Crippen LogP contribution < -0.4 is 0 Å². The summed E-state index contributed by atoms with van der Waals surface area (Å²) in [6, 6.07) is 0. The van der Waals surface area contributed by atoms with Crippen molar-refractivity contribution in [3.63, 3.8) is 0 Å². The Balaban J connectivity index is 0. The van der Waals surface area contributed by atoms with E-state index in [0.29, 0.717) is 0 Å². The standard InChI is InChI=1S/Al.Mg.Mn.H4Si.Zn.5H/h;;;1H4;;;;;;. The Labute approximate surface area is 86.8 Å². The Morgan fingerprint density at radius 3 is 1.00 bits per heavy atom. The molecule has 0 aromatic rings. The number of rotatable bonds is 0. The fourth-order valence-electron chi connectivity index (χ4n) is 0. The predicted molar refractivity (Wildman–Crippen MR) is 29.8 cm³/mol. The van der Waals surface area contributed by atoms with E-state index in [9.17, 15) is 0 Å². The molecule has 0 saturated carbocycles. The summed E-state index contributed by atoms with van der Waals surface area (Å²) >= 11 is 0. The number of hydrogen-bond acceptors (Lipinski definition) is 0. The van der Waals surface area contributed by atoms with Crippen LogP contribution >= 0.6 is 0 Å². The van der Waals surface area contributed by atoms with E-state index in [2.05, 4.69) is 0 Å². The largest absolute Gasteiger partial charge is 0.316 e. The van der Waals surface area contributed by atoms with E-state index in [0.717, 1.165) is 0 Å². The molecule has 0 aromatic carbocycles. The minimum absolute atomic E-state index is 0. The average molecular weight is 209 g/mol. The third kappa shape index (κ3) is 20.4. The van der Waals surface area contributed by atoms with Gasteiger partial charge in [-0.3, -0.25) is 0 Å². The molecule has 0 aliphatic heterocycles. The van der Waals surface area contributed by atoms with E-state index in [4.69, 9.17) is 0 Å². The second-order valence-electron chi connectivity index (χ2n) is 0. The monoisotopic (exact) mass is 207 g/mol. The Kier molecular flexibility index (Phi) is 290. The normalized spacial score (nSPS) is 0. The average Bonchev–Trinajstić information content (AvgIpc) is 0. The zero-order valence-corrected chi connectivity index (χ0v) is 5.23. The molecule has 5 heavy (non-hydrogen) atoms. The maximum atomic E-state index is 0. The van der Waals surface area contributed by atoms with Crippen LogP contribution in [-0.4, -0.2) is 51.4 Å². The molecular weight excluding hydrogens is 200 g/mol. The van der Waals surface area contributed by atoms with Gasteiger partial charge in [-0.1, -0.05) is 0 Å². The van der Waals surface area contributed by atoms with Gasteiger partial charge in [0.05, 0.1) is 0 Å². The van der Waals surface area contributed by atoms with Crippen LogP contribution in [0.5, 0.6) is 0 Å². The minimum Gasteiger partial charge on any atom is -0.0149 e. The first-order valence-electron chi connectivity index (χ1n) is 0. The fourth-order valence-corrected chi connectivity index (χ4v) is 0. The van der Waals surface area contributed by atoms with Gasteiger partial charge in [-0.05, 0) is 11.0 Å². The molecule has 0 fully saturated rings. The van der Waals surface area contributed by atoms with Gasteiger partial charge in [-0.15, -0.1) is 0 Å². The van der Waals surface area contributed by atoms with Crippen molar-refractivity contribution < 1.29 is 36.5 Å². The molecule has 0 bridgehead atoms. The molecule has 0 unspecified atom stereocenters. The van der Waals surface area contributed by atoms with Crippen molar-refractivity contribution in [2.75, 3.05) is 0 Å². The first-order valence-corrected chi connectivity index (χ1v) is 0. The van der Waals surface area contributed by atoms with Crippen LogP contribution in [0, 0.1) is 0 Å². The minimum atomic E-state index is 0. The SMILES string of the molecule is [AlH3].[MgH2].[Mn].[SiH4].[Zn]. The molecule has 0 amide bonds. The van der Waals surface area contributed by atoms with Gasteiger partial charge in [0.25, 0.3) is 0 Å². The Morgan fingerprint density at radius 2 is 1.00 bits per heavy atom. The molecule has 0 N–H and O–H groups in total. The van der Waals surface area contributed by atoms with Gasteiger partial charge in [-0.25, -0.2) is 0 Å². The molecule has 0 spiro atoms. The fraction of sp³-hybridized carbons (Fsp3) is 0. The molecule has 0 aliphatic rings. The van der Waals surface area contributed by atoms with Crippen molar-refractivity contribution in [2.45, 2.75) is 0 Å². The van der Waals surface area contributed by atoms with Gasteiger partial charge in [0.15, 0.2) is 17.4 Å². The molecule has 0 saturated heterocycles. The summed E-state index contributed by atoms with van der Waals surface area (Å²) in [5.41, 5.74) is 0. The predicted octanol–water partition coefficient (Wildman–Crippen LogP) is -3.56. The third-order valence-electron chi connectivity index (χ3n) is 0. The zero-order chi connectivity index (χ0) is 0. The van der Waals surface area contributed by atoms with Crippen LogP contribution in [-0.2, 0) is 36.5 Å². The van der Waals surface area contributed by atoms with Crippen molar-refractivity contribution >= 4 is 51.4 Å². The van der Waals surface area contributed by atoms with E-state index in [1.54, 1.807) is 0 Å². The molecule has 1 radical (unpaired) electrons. The molecular formula is H9AlMgMnSiZn. The van der Waals surface area contributed by atoms with Crippen molar-refractivity contribution in [3.8, 4) is 0 Å². The third-order valence-corrected chi connectivity index (χ3v) is 0. The van der Waals surface area contributed by atoms with Gasteiger partial charge in [0, 0.05) is 36.5 Å².